The van der Waals surface area contributed by atoms with Crippen LogP contribution in [0.5, 0.6) is 5.75 Å². The molecule has 5 heteroatoms. The van der Waals surface area contributed by atoms with Crippen molar-refractivity contribution in [3.8, 4) is 5.75 Å². The number of carbonyl (C=O) groups excluding carboxylic acids is 2. The molecule has 0 spiro atoms. The zero-order valence-electron chi connectivity index (χ0n) is 12.9. The molecule has 0 N–H and O–H groups in total. The van der Waals surface area contributed by atoms with E-state index in [4.69, 9.17) is 9.47 Å². The van der Waals surface area contributed by atoms with Gasteiger partial charge in [0, 0.05) is 6.54 Å². The number of nitrogens with zero attached hydrogens (tertiary/aromatic N) is 1. The number of rotatable bonds is 8. The molecule has 0 unspecified atom stereocenters. The van der Waals surface area contributed by atoms with Crippen molar-refractivity contribution in [2.75, 3.05) is 26.3 Å². The van der Waals surface area contributed by atoms with Crippen LogP contribution >= 0.6 is 0 Å². The van der Waals surface area contributed by atoms with Crippen molar-refractivity contribution in [1.29, 1.82) is 0 Å². The lowest BCUT2D eigenvalue weighted by Crippen LogP contribution is -2.36. The van der Waals surface area contributed by atoms with E-state index in [1.165, 1.54) is 4.90 Å². The smallest absolute Gasteiger partial charge is 0.325 e. The van der Waals surface area contributed by atoms with Gasteiger partial charge in [0.25, 0.3) is 0 Å². The molecule has 0 aliphatic carbocycles. The number of carbonyl (C=O) groups is 2. The lowest BCUT2D eigenvalue weighted by atomic mass is 10.2. The van der Waals surface area contributed by atoms with Crippen LogP contribution in [0.2, 0.25) is 0 Å². The summed E-state index contributed by atoms with van der Waals surface area (Å²) in [5.41, 5.74) is 1.03. The third-order valence-corrected chi connectivity index (χ3v) is 3.03. The highest BCUT2D eigenvalue weighted by Crippen LogP contribution is 2.16. The van der Waals surface area contributed by atoms with Gasteiger partial charge in [-0.3, -0.25) is 9.59 Å². The number of amides is 1. The fourth-order valence-corrected chi connectivity index (χ4v) is 1.86. The number of benzene rings is 1. The normalized spacial score (nSPS) is 10.0. The summed E-state index contributed by atoms with van der Waals surface area (Å²) in [5, 5.41) is 0. The number of esters is 1. The Balaban J connectivity index is 2.41. The van der Waals surface area contributed by atoms with E-state index in [-0.39, 0.29) is 24.8 Å². The van der Waals surface area contributed by atoms with E-state index in [1.54, 1.807) is 6.92 Å². The molecular weight excluding hydrogens is 270 g/mol. The van der Waals surface area contributed by atoms with Gasteiger partial charge in [0.05, 0.1) is 19.6 Å². The van der Waals surface area contributed by atoms with Crippen LogP contribution in [0, 0.1) is 6.92 Å². The van der Waals surface area contributed by atoms with Crippen molar-refractivity contribution < 1.29 is 19.1 Å². The minimum atomic E-state index is -0.382. The second-order valence-electron chi connectivity index (χ2n) is 4.58. The van der Waals surface area contributed by atoms with Crippen molar-refractivity contribution in [2.45, 2.75) is 27.2 Å². The minimum absolute atomic E-state index is 0.00641. The standard InChI is InChI=1S/C16H23NO4/c1-4-17(12-16(19)20-5-2)15(18)10-11-21-14-9-7-6-8-13(14)3/h6-9H,4-5,10-12H2,1-3H3. The van der Waals surface area contributed by atoms with Gasteiger partial charge in [-0.25, -0.2) is 0 Å². The first kappa shape index (κ1) is 17.0. The molecule has 0 aromatic heterocycles. The quantitative estimate of drug-likeness (QED) is 0.689. The van der Waals surface area contributed by atoms with Gasteiger partial charge in [0.2, 0.25) is 5.91 Å². The second kappa shape index (κ2) is 9.00. The maximum absolute atomic E-state index is 12.0. The molecule has 0 heterocycles. The summed E-state index contributed by atoms with van der Waals surface area (Å²) in [4.78, 5) is 24.9. The second-order valence-corrected chi connectivity index (χ2v) is 4.58. The first-order valence-corrected chi connectivity index (χ1v) is 7.20. The predicted molar refractivity (Wildman–Crippen MR) is 80.2 cm³/mol. The number of para-hydroxylation sites is 1. The molecule has 0 radical (unpaired) electrons. The van der Waals surface area contributed by atoms with Gasteiger partial charge in [-0.05, 0) is 32.4 Å². The molecule has 0 saturated carbocycles. The van der Waals surface area contributed by atoms with Gasteiger partial charge in [0.1, 0.15) is 12.3 Å². The van der Waals surface area contributed by atoms with Crippen LogP contribution < -0.4 is 4.74 Å². The van der Waals surface area contributed by atoms with E-state index in [2.05, 4.69) is 0 Å². The Bertz CT molecular complexity index is 473. The monoisotopic (exact) mass is 293 g/mol. The number of ether oxygens (including phenoxy) is 2. The van der Waals surface area contributed by atoms with Crippen LogP contribution in [0.1, 0.15) is 25.8 Å². The van der Waals surface area contributed by atoms with E-state index in [0.717, 1.165) is 11.3 Å². The number of hydrogen-bond donors (Lipinski definition) is 0. The highest BCUT2D eigenvalue weighted by molar-refractivity contribution is 5.82. The molecule has 1 amide bonds. The van der Waals surface area contributed by atoms with E-state index < -0.39 is 0 Å². The summed E-state index contributed by atoms with van der Waals surface area (Å²) >= 11 is 0. The molecule has 0 aliphatic rings. The zero-order valence-corrected chi connectivity index (χ0v) is 12.9. The maximum Gasteiger partial charge on any atom is 0.325 e. The fourth-order valence-electron chi connectivity index (χ4n) is 1.86. The van der Waals surface area contributed by atoms with Crippen molar-refractivity contribution in [2.24, 2.45) is 0 Å². The highest BCUT2D eigenvalue weighted by Gasteiger charge is 2.16. The summed E-state index contributed by atoms with van der Waals surface area (Å²) in [5.74, 6) is 0.283. The largest absolute Gasteiger partial charge is 0.493 e. The molecule has 1 aromatic rings. The van der Waals surface area contributed by atoms with Crippen LogP contribution in [0.25, 0.3) is 0 Å². The molecule has 0 saturated heterocycles. The molecule has 1 rings (SSSR count). The first-order chi connectivity index (χ1) is 10.1. The molecular formula is C16H23NO4. The third-order valence-electron chi connectivity index (χ3n) is 3.03. The lowest BCUT2D eigenvalue weighted by Gasteiger charge is -2.20. The summed E-state index contributed by atoms with van der Waals surface area (Å²) in [6.45, 7) is 6.61. The van der Waals surface area contributed by atoms with Gasteiger partial charge in [0.15, 0.2) is 0 Å². The Labute approximate surface area is 125 Å². The van der Waals surface area contributed by atoms with Gasteiger partial charge >= 0.3 is 5.97 Å². The molecule has 1 aromatic carbocycles. The predicted octanol–water partition coefficient (Wildman–Crippen LogP) is 2.18. The first-order valence-electron chi connectivity index (χ1n) is 7.20. The van der Waals surface area contributed by atoms with Crippen molar-refractivity contribution in [1.82, 2.24) is 4.90 Å². The van der Waals surface area contributed by atoms with E-state index in [1.807, 2.05) is 38.1 Å². The summed E-state index contributed by atoms with van der Waals surface area (Å²) in [7, 11) is 0. The maximum atomic E-state index is 12.0. The van der Waals surface area contributed by atoms with Crippen molar-refractivity contribution in [3.05, 3.63) is 29.8 Å². The molecule has 0 fully saturated rings. The van der Waals surface area contributed by atoms with Crippen LogP contribution in [-0.4, -0.2) is 43.1 Å². The average molecular weight is 293 g/mol. The lowest BCUT2D eigenvalue weighted by molar-refractivity contribution is -0.149. The fraction of sp³-hybridized carbons (Fsp3) is 0.500. The Morgan fingerprint density at radius 3 is 2.52 bits per heavy atom. The number of aryl methyl sites for hydroxylation is 1. The van der Waals surface area contributed by atoms with E-state index in [0.29, 0.717) is 19.8 Å². The van der Waals surface area contributed by atoms with Gasteiger partial charge in [-0.15, -0.1) is 0 Å². The zero-order chi connectivity index (χ0) is 15.7. The minimum Gasteiger partial charge on any atom is -0.493 e. The number of hydrogen-bond acceptors (Lipinski definition) is 4. The van der Waals surface area contributed by atoms with E-state index >= 15 is 0 Å². The van der Waals surface area contributed by atoms with Crippen molar-refractivity contribution >= 4 is 11.9 Å². The van der Waals surface area contributed by atoms with Crippen LogP contribution in [-0.2, 0) is 14.3 Å². The average Bonchev–Trinajstić information content (AvgIpc) is 2.47. The molecule has 0 atom stereocenters. The Hall–Kier alpha value is -2.04. The van der Waals surface area contributed by atoms with Crippen LogP contribution in [0.3, 0.4) is 0 Å². The summed E-state index contributed by atoms with van der Waals surface area (Å²) < 4.78 is 10.4. The summed E-state index contributed by atoms with van der Waals surface area (Å²) in [6, 6.07) is 7.65. The van der Waals surface area contributed by atoms with Crippen molar-refractivity contribution in [3.63, 3.8) is 0 Å². The van der Waals surface area contributed by atoms with Gasteiger partial charge in [-0.2, -0.15) is 0 Å². The molecule has 5 nitrogen and oxygen atoms in total. The third kappa shape index (κ3) is 5.85. The van der Waals surface area contributed by atoms with Gasteiger partial charge in [-0.1, -0.05) is 18.2 Å². The number of likely N-dealkylation sites (N-methyl/N-ethyl adjacent to an activating group) is 1. The molecule has 0 bridgehead atoms. The molecule has 116 valence electrons. The van der Waals surface area contributed by atoms with E-state index in [9.17, 15) is 9.59 Å². The van der Waals surface area contributed by atoms with Crippen LogP contribution in [0.4, 0.5) is 0 Å². The molecule has 0 aliphatic heterocycles. The van der Waals surface area contributed by atoms with Crippen LogP contribution in [0.15, 0.2) is 24.3 Å². The highest BCUT2D eigenvalue weighted by atomic mass is 16.5. The summed E-state index contributed by atoms with van der Waals surface area (Å²) in [6.07, 6.45) is 0.238. The molecule has 21 heavy (non-hydrogen) atoms. The van der Waals surface area contributed by atoms with Gasteiger partial charge < -0.3 is 14.4 Å². The Morgan fingerprint density at radius 1 is 1.19 bits per heavy atom. The Morgan fingerprint density at radius 2 is 1.90 bits per heavy atom. The topological polar surface area (TPSA) is 55.8 Å². The Kier molecular flexibility index (Phi) is 7.29. The SMILES string of the molecule is CCOC(=O)CN(CC)C(=O)CCOc1ccccc1C.